The third kappa shape index (κ3) is 1.93. The number of anilines is 1. The van der Waals surface area contributed by atoms with E-state index in [0.717, 1.165) is 5.52 Å². The Hall–Kier alpha value is -1.66. The molecule has 1 saturated heterocycles. The lowest BCUT2D eigenvalue weighted by molar-refractivity contribution is 0.0719. The summed E-state index contributed by atoms with van der Waals surface area (Å²) in [5.41, 5.74) is 1.38. The fraction of sp³-hybridized carbons (Fsp3) is 0.417. The standard InChI is InChI=1S/C12H14FN3O2/c13-8-1-2-10-11(5-8)15-12(14-10)16-3-4-18-7-9(16)6-17/h1-2,5,9,17H,3-4,6-7H2,(H,14,15). The van der Waals surface area contributed by atoms with E-state index in [-0.39, 0.29) is 18.5 Å². The smallest absolute Gasteiger partial charge is 0.204 e. The molecule has 1 aromatic carbocycles. The molecule has 6 heteroatoms. The maximum absolute atomic E-state index is 13.1. The van der Waals surface area contributed by atoms with E-state index in [0.29, 0.717) is 31.2 Å². The number of hydrogen-bond acceptors (Lipinski definition) is 4. The first-order chi connectivity index (χ1) is 8.78. The summed E-state index contributed by atoms with van der Waals surface area (Å²) in [6.07, 6.45) is 0. The fourth-order valence-corrected chi connectivity index (χ4v) is 2.19. The van der Waals surface area contributed by atoms with Gasteiger partial charge in [0.15, 0.2) is 0 Å². The normalized spacial score (nSPS) is 20.6. The number of ether oxygens (including phenoxy) is 1. The van der Waals surface area contributed by atoms with Crippen LogP contribution in [0.3, 0.4) is 0 Å². The number of aromatic amines is 1. The molecule has 2 aromatic rings. The maximum Gasteiger partial charge on any atom is 0.204 e. The third-order valence-electron chi connectivity index (χ3n) is 3.14. The average Bonchev–Trinajstić information content (AvgIpc) is 2.81. The molecule has 0 spiro atoms. The van der Waals surface area contributed by atoms with Crippen molar-refractivity contribution >= 4 is 17.0 Å². The van der Waals surface area contributed by atoms with Crippen LogP contribution >= 0.6 is 0 Å². The van der Waals surface area contributed by atoms with Gasteiger partial charge in [0.2, 0.25) is 5.95 Å². The van der Waals surface area contributed by atoms with Gasteiger partial charge in [-0.3, -0.25) is 0 Å². The van der Waals surface area contributed by atoms with Gasteiger partial charge in [0.1, 0.15) is 5.82 Å². The minimum Gasteiger partial charge on any atom is -0.394 e. The SMILES string of the molecule is OCC1COCCN1c1nc2ccc(F)cc2[nH]1. The summed E-state index contributed by atoms with van der Waals surface area (Å²) in [4.78, 5) is 9.45. The van der Waals surface area contributed by atoms with E-state index in [1.807, 2.05) is 4.90 Å². The molecule has 0 amide bonds. The predicted molar refractivity (Wildman–Crippen MR) is 65.1 cm³/mol. The highest BCUT2D eigenvalue weighted by atomic mass is 19.1. The molecular weight excluding hydrogens is 237 g/mol. The lowest BCUT2D eigenvalue weighted by Gasteiger charge is -2.34. The highest BCUT2D eigenvalue weighted by molar-refractivity contribution is 5.77. The second-order valence-electron chi connectivity index (χ2n) is 4.33. The average molecular weight is 251 g/mol. The van der Waals surface area contributed by atoms with Crippen LogP contribution in [0.5, 0.6) is 0 Å². The fourth-order valence-electron chi connectivity index (χ4n) is 2.19. The van der Waals surface area contributed by atoms with Crippen molar-refractivity contribution in [2.75, 3.05) is 31.3 Å². The molecular formula is C12H14FN3O2. The summed E-state index contributed by atoms with van der Waals surface area (Å²) in [5.74, 6) is 0.358. The molecule has 0 aliphatic carbocycles. The zero-order valence-corrected chi connectivity index (χ0v) is 9.77. The van der Waals surface area contributed by atoms with E-state index >= 15 is 0 Å². The van der Waals surface area contributed by atoms with E-state index in [4.69, 9.17) is 4.74 Å². The Balaban J connectivity index is 1.97. The second kappa shape index (κ2) is 4.55. The van der Waals surface area contributed by atoms with Gasteiger partial charge in [0, 0.05) is 6.54 Å². The van der Waals surface area contributed by atoms with Crippen LogP contribution in [-0.2, 0) is 4.74 Å². The Morgan fingerprint density at radius 3 is 3.28 bits per heavy atom. The topological polar surface area (TPSA) is 61.4 Å². The molecule has 1 atom stereocenters. The van der Waals surface area contributed by atoms with Crippen LogP contribution in [0.25, 0.3) is 11.0 Å². The van der Waals surface area contributed by atoms with Gasteiger partial charge in [0.05, 0.1) is 36.9 Å². The van der Waals surface area contributed by atoms with Crippen molar-refractivity contribution in [2.24, 2.45) is 0 Å². The van der Waals surface area contributed by atoms with Gasteiger partial charge in [-0.2, -0.15) is 0 Å². The van der Waals surface area contributed by atoms with Gasteiger partial charge in [0.25, 0.3) is 0 Å². The lowest BCUT2D eigenvalue weighted by Crippen LogP contribution is -2.48. The first kappa shape index (κ1) is 11.4. The minimum absolute atomic E-state index is 0.00536. The van der Waals surface area contributed by atoms with Crippen molar-refractivity contribution in [3.05, 3.63) is 24.0 Å². The van der Waals surface area contributed by atoms with Crippen molar-refractivity contribution in [1.29, 1.82) is 0 Å². The number of imidazole rings is 1. The number of nitrogens with zero attached hydrogens (tertiary/aromatic N) is 2. The lowest BCUT2D eigenvalue weighted by atomic mass is 10.2. The number of aliphatic hydroxyl groups is 1. The molecule has 1 fully saturated rings. The van der Waals surface area contributed by atoms with Gasteiger partial charge in [-0.1, -0.05) is 0 Å². The summed E-state index contributed by atoms with van der Waals surface area (Å²) >= 11 is 0. The van der Waals surface area contributed by atoms with Gasteiger partial charge < -0.3 is 19.7 Å². The van der Waals surface area contributed by atoms with Gasteiger partial charge in [-0.15, -0.1) is 0 Å². The van der Waals surface area contributed by atoms with Crippen LogP contribution in [0.1, 0.15) is 0 Å². The van der Waals surface area contributed by atoms with Crippen molar-refractivity contribution in [3.63, 3.8) is 0 Å². The Morgan fingerprint density at radius 2 is 2.44 bits per heavy atom. The maximum atomic E-state index is 13.1. The van der Waals surface area contributed by atoms with Crippen molar-refractivity contribution in [3.8, 4) is 0 Å². The molecule has 1 aliphatic heterocycles. The second-order valence-corrected chi connectivity index (χ2v) is 4.33. The van der Waals surface area contributed by atoms with E-state index in [2.05, 4.69) is 9.97 Å². The predicted octanol–water partition coefficient (Wildman–Crippen LogP) is 0.899. The Bertz CT molecular complexity index is 557. The quantitative estimate of drug-likeness (QED) is 0.832. The summed E-state index contributed by atoms with van der Waals surface area (Å²) in [7, 11) is 0. The molecule has 3 rings (SSSR count). The van der Waals surface area contributed by atoms with Gasteiger partial charge in [-0.25, -0.2) is 9.37 Å². The first-order valence-electron chi connectivity index (χ1n) is 5.88. The van der Waals surface area contributed by atoms with Crippen LogP contribution < -0.4 is 4.90 Å². The van der Waals surface area contributed by atoms with Gasteiger partial charge >= 0.3 is 0 Å². The molecule has 1 aliphatic rings. The van der Waals surface area contributed by atoms with Crippen LogP contribution in [0.15, 0.2) is 18.2 Å². The minimum atomic E-state index is -0.293. The Kier molecular flexibility index (Phi) is 2.89. The molecule has 0 bridgehead atoms. The number of morpholine rings is 1. The summed E-state index contributed by atoms with van der Waals surface area (Å²) in [5, 5.41) is 9.32. The number of fused-ring (bicyclic) bond motifs is 1. The van der Waals surface area contributed by atoms with Crippen molar-refractivity contribution in [1.82, 2.24) is 9.97 Å². The zero-order valence-electron chi connectivity index (χ0n) is 9.77. The molecule has 0 saturated carbocycles. The molecule has 1 aromatic heterocycles. The molecule has 18 heavy (non-hydrogen) atoms. The first-order valence-corrected chi connectivity index (χ1v) is 5.88. The molecule has 1 unspecified atom stereocenters. The highest BCUT2D eigenvalue weighted by Crippen LogP contribution is 2.21. The largest absolute Gasteiger partial charge is 0.394 e. The molecule has 5 nitrogen and oxygen atoms in total. The number of aromatic nitrogens is 2. The Morgan fingerprint density at radius 1 is 1.56 bits per heavy atom. The number of rotatable bonds is 2. The van der Waals surface area contributed by atoms with E-state index < -0.39 is 0 Å². The molecule has 2 heterocycles. The summed E-state index contributed by atoms with van der Waals surface area (Å²) in [6.45, 7) is 1.74. The van der Waals surface area contributed by atoms with Crippen LogP contribution in [0.2, 0.25) is 0 Å². The number of hydrogen-bond donors (Lipinski definition) is 2. The third-order valence-corrected chi connectivity index (χ3v) is 3.14. The molecule has 96 valence electrons. The van der Waals surface area contributed by atoms with Crippen LogP contribution in [0, 0.1) is 5.82 Å². The van der Waals surface area contributed by atoms with Crippen molar-refractivity contribution in [2.45, 2.75) is 6.04 Å². The summed E-state index contributed by atoms with van der Waals surface area (Å²) < 4.78 is 18.4. The van der Waals surface area contributed by atoms with Crippen LogP contribution in [-0.4, -0.2) is 47.5 Å². The van der Waals surface area contributed by atoms with E-state index in [1.165, 1.54) is 12.1 Å². The number of nitrogens with one attached hydrogen (secondary N) is 1. The number of aliphatic hydroxyl groups excluding tert-OH is 1. The zero-order chi connectivity index (χ0) is 12.5. The number of H-pyrrole nitrogens is 1. The number of benzene rings is 1. The monoisotopic (exact) mass is 251 g/mol. The van der Waals surface area contributed by atoms with Crippen molar-refractivity contribution < 1.29 is 14.2 Å². The van der Waals surface area contributed by atoms with E-state index in [1.54, 1.807) is 6.07 Å². The number of halogens is 1. The molecule has 0 radical (unpaired) electrons. The summed E-state index contributed by atoms with van der Waals surface area (Å²) in [6, 6.07) is 4.33. The van der Waals surface area contributed by atoms with Gasteiger partial charge in [-0.05, 0) is 18.2 Å². The van der Waals surface area contributed by atoms with E-state index in [9.17, 15) is 9.50 Å². The van der Waals surface area contributed by atoms with Crippen LogP contribution in [0.4, 0.5) is 10.3 Å². The Labute approximate surface area is 103 Å². The molecule has 2 N–H and O–H groups in total. The highest BCUT2D eigenvalue weighted by Gasteiger charge is 2.24.